The number of carbonyl (C=O) groups excluding carboxylic acids is 1. The van der Waals surface area contributed by atoms with Gasteiger partial charge in [0.15, 0.2) is 0 Å². The van der Waals surface area contributed by atoms with E-state index in [1.807, 2.05) is 4.90 Å². The van der Waals surface area contributed by atoms with Crippen LogP contribution in [0.3, 0.4) is 0 Å². The van der Waals surface area contributed by atoms with Crippen LogP contribution in [-0.4, -0.2) is 42.6 Å². The molecule has 20 heavy (non-hydrogen) atoms. The van der Waals surface area contributed by atoms with Crippen LogP contribution in [0.2, 0.25) is 0 Å². The van der Waals surface area contributed by atoms with Crippen molar-refractivity contribution < 1.29 is 9.53 Å². The van der Waals surface area contributed by atoms with Gasteiger partial charge in [0, 0.05) is 31.7 Å². The topological polar surface area (TPSA) is 55.6 Å². The van der Waals surface area contributed by atoms with Crippen LogP contribution in [0, 0.1) is 11.8 Å². The van der Waals surface area contributed by atoms with Gasteiger partial charge in [-0.3, -0.25) is 4.79 Å². The first-order valence-electron chi connectivity index (χ1n) is 8.22. The molecule has 2 unspecified atom stereocenters. The lowest BCUT2D eigenvalue weighted by molar-refractivity contribution is -0.139. The molecule has 0 spiro atoms. The Balaban J connectivity index is 1.74. The summed E-state index contributed by atoms with van der Waals surface area (Å²) in [5, 5.41) is 0. The molecule has 2 rings (SSSR count). The molecule has 1 saturated heterocycles. The molecule has 1 aliphatic heterocycles. The molecule has 1 aliphatic carbocycles. The summed E-state index contributed by atoms with van der Waals surface area (Å²) in [6.07, 6.45) is 6.39. The third kappa shape index (κ3) is 4.45. The summed E-state index contributed by atoms with van der Waals surface area (Å²) >= 11 is 0. The number of likely N-dealkylation sites (tertiary alicyclic amines) is 1. The molecule has 2 atom stereocenters. The summed E-state index contributed by atoms with van der Waals surface area (Å²) in [4.78, 5) is 14.5. The van der Waals surface area contributed by atoms with Crippen LogP contribution < -0.4 is 5.73 Å². The fourth-order valence-corrected chi connectivity index (χ4v) is 3.28. The predicted octanol–water partition coefficient (Wildman–Crippen LogP) is 2.17. The lowest BCUT2D eigenvalue weighted by atomic mass is 9.85. The second-order valence-corrected chi connectivity index (χ2v) is 6.88. The van der Waals surface area contributed by atoms with Gasteiger partial charge in [-0.05, 0) is 38.0 Å². The summed E-state index contributed by atoms with van der Waals surface area (Å²) in [5.74, 6) is 1.09. The highest BCUT2D eigenvalue weighted by molar-refractivity contribution is 5.79. The Morgan fingerprint density at radius 1 is 1.25 bits per heavy atom. The monoisotopic (exact) mass is 282 g/mol. The number of nitrogens with zero attached hydrogens (tertiary/aromatic N) is 1. The van der Waals surface area contributed by atoms with Crippen LogP contribution in [-0.2, 0) is 9.53 Å². The van der Waals surface area contributed by atoms with Crippen molar-refractivity contribution in [2.75, 3.05) is 19.7 Å². The Morgan fingerprint density at radius 3 is 2.55 bits per heavy atom. The van der Waals surface area contributed by atoms with E-state index in [2.05, 4.69) is 13.8 Å². The first-order chi connectivity index (χ1) is 9.56. The normalized spacial score (nSPS) is 28.9. The number of piperidine rings is 1. The molecule has 116 valence electrons. The van der Waals surface area contributed by atoms with Gasteiger partial charge in [-0.15, -0.1) is 0 Å². The van der Waals surface area contributed by atoms with E-state index >= 15 is 0 Å². The molecule has 1 amide bonds. The van der Waals surface area contributed by atoms with Crippen molar-refractivity contribution in [3.63, 3.8) is 0 Å². The second kappa shape index (κ2) is 7.41. The van der Waals surface area contributed by atoms with Crippen molar-refractivity contribution in [1.82, 2.24) is 4.90 Å². The molecule has 1 heterocycles. The first kappa shape index (κ1) is 15.8. The fourth-order valence-electron chi connectivity index (χ4n) is 3.28. The van der Waals surface area contributed by atoms with Crippen molar-refractivity contribution in [2.45, 2.75) is 64.5 Å². The molecule has 0 aromatic rings. The van der Waals surface area contributed by atoms with Gasteiger partial charge in [0.1, 0.15) is 0 Å². The zero-order valence-electron chi connectivity index (χ0n) is 13.0. The minimum atomic E-state index is 0.173. The smallest absolute Gasteiger partial charge is 0.225 e. The molecule has 1 saturated carbocycles. The van der Waals surface area contributed by atoms with Gasteiger partial charge in [-0.25, -0.2) is 0 Å². The largest absolute Gasteiger partial charge is 0.378 e. The Labute approximate surface area is 123 Å². The molecule has 2 N–H and O–H groups in total. The average molecular weight is 282 g/mol. The van der Waals surface area contributed by atoms with E-state index in [9.17, 15) is 4.79 Å². The predicted molar refractivity (Wildman–Crippen MR) is 80.3 cm³/mol. The molecule has 0 aromatic carbocycles. The molecule has 2 fully saturated rings. The van der Waals surface area contributed by atoms with Gasteiger partial charge in [0.2, 0.25) is 5.91 Å². The number of ether oxygens (including phenoxy) is 1. The minimum Gasteiger partial charge on any atom is -0.378 e. The van der Waals surface area contributed by atoms with Crippen molar-refractivity contribution in [2.24, 2.45) is 17.6 Å². The van der Waals surface area contributed by atoms with E-state index in [0.717, 1.165) is 58.2 Å². The minimum absolute atomic E-state index is 0.173. The van der Waals surface area contributed by atoms with E-state index in [1.54, 1.807) is 0 Å². The van der Waals surface area contributed by atoms with Crippen molar-refractivity contribution >= 4 is 5.91 Å². The number of hydrogen-bond acceptors (Lipinski definition) is 3. The summed E-state index contributed by atoms with van der Waals surface area (Å²) in [6, 6.07) is 0.226. The lowest BCUT2D eigenvalue weighted by Crippen LogP contribution is -2.45. The van der Waals surface area contributed by atoms with Crippen molar-refractivity contribution in [3.05, 3.63) is 0 Å². The SMILES string of the molecule is CC(C)COC1CCN(C(=O)C2CCCC(N)C2)CC1. The van der Waals surface area contributed by atoms with Crippen molar-refractivity contribution in [1.29, 1.82) is 0 Å². The molecule has 0 aromatic heterocycles. The van der Waals surface area contributed by atoms with E-state index in [0.29, 0.717) is 17.9 Å². The van der Waals surface area contributed by atoms with E-state index in [1.165, 1.54) is 0 Å². The van der Waals surface area contributed by atoms with Gasteiger partial charge in [0.05, 0.1) is 6.10 Å². The standard InChI is InChI=1S/C16H30N2O2/c1-12(2)11-20-15-6-8-18(9-7-15)16(19)13-4-3-5-14(17)10-13/h12-15H,3-11,17H2,1-2H3. The maximum atomic E-state index is 12.5. The molecule has 2 aliphatic rings. The van der Waals surface area contributed by atoms with Crippen LogP contribution >= 0.6 is 0 Å². The highest BCUT2D eigenvalue weighted by atomic mass is 16.5. The number of nitrogens with two attached hydrogens (primary N) is 1. The zero-order chi connectivity index (χ0) is 14.5. The van der Waals surface area contributed by atoms with Gasteiger partial charge in [-0.1, -0.05) is 20.3 Å². The maximum Gasteiger partial charge on any atom is 0.225 e. The number of rotatable bonds is 4. The lowest BCUT2D eigenvalue weighted by Gasteiger charge is -2.36. The highest BCUT2D eigenvalue weighted by Gasteiger charge is 2.31. The second-order valence-electron chi connectivity index (χ2n) is 6.88. The van der Waals surface area contributed by atoms with Crippen LogP contribution in [0.4, 0.5) is 0 Å². The maximum absolute atomic E-state index is 12.5. The molecule has 4 heteroatoms. The Kier molecular flexibility index (Phi) is 5.85. The third-order valence-corrected chi connectivity index (χ3v) is 4.48. The van der Waals surface area contributed by atoms with Gasteiger partial charge >= 0.3 is 0 Å². The Hall–Kier alpha value is -0.610. The molecule has 0 radical (unpaired) electrons. The summed E-state index contributed by atoms with van der Waals surface area (Å²) < 4.78 is 5.88. The molecular formula is C16H30N2O2. The van der Waals surface area contributed by atoms with Crippen LogP contribution in [0.5, 0.6) is 0 Å². The Bertz CT molecular complexity index is 312. The summed E-state index contributed by atoms with van der Waals surface area (Å²) in [5.41, 5.74) is 5.99. The Morgan fingerprint density at radius 2 is 1.95 bits per heavy atom. The number of hydrogen-bond donors (Lipinski definition) is 1. The first-order valence-corrected chi connectivity index (χ1v) is 8.22. The van der Waals surface area contributed by atoms with Crippen LogP contribution in [0.1, 0.15) is 52.4 Å². The average Bonchev–Trinajstić information content (AvgIpc) is 2.45. The number of amides is 1. The fraction of sp³-hybridized carbons (Fsp3) is 0.938. The van der Waals surface area contributed by atoms with E-state index < -0.39 is 0 Å². The molecular weight excluding hydrogens is 252 g/mol. The zero-order valence-corrected chi connectivity index (χ0v) is 13.0. The summed E-state index contributed by atoms with van der Waals surface area (Å²) in [7, 11) is 0. The third-order valence-electron chi connectivity index (χ3n) is 4.48. The van der Waals surface area contributed by atoms with Gasteiger partial charge in [-0.2, -0.15) is 0 Å². The number of carbonyl (C=O) groups is 1. The van der Waals surface area contributed by atoms with Gasteiger partial charge in [0.25, 0.3) is 0 Å². The van der Waals surface area contributed by atoms with Crippen LogP contribution in [0.25, 0.3) is 0 Å². The van der Waals surface area contributed by atoms with E-state index in [-0.39, 0.29) is 12.0 Å². The van der Waals surface area contributed by atoms with Gasteiger partial charge < -0.3 is 15.4 Å². The van der Waals surface area contributed by atoms with Crippen molar-refractivity contribution in [3.8, 4) is 0 Å². The summed E-state index contributed by atoms with van der Waals surface area (Å²) in [6.45, 7) is 6.88. The van der Waals surface area contributed by atoms with Crippen LogP contribution in [0.15, 0.2) is 0 Å². The molecule has 0 bridgehead atoms. The molecule has 4 nitrogen and oxygen atoms in total. The van der Waals surface area contributed by atoms with E-state index in [4.69, 9.17) is 10.5 Å². The quantitative estimate of drug-likeness (QED) is 0.859. The highest BCUT2D eigenvalue weighted by Crippen LogP contribution is 2.26.